The zero-order chi connectivity index (χ0) is 12.3. The van der Waals surface area contributed by atoms with Crippen molar-refractivity contribution in [2.45, 2.75) is 32.7 Å². The van der Waals surface area contributed by atoms with Crippen LogP contribution in [0.4, 0.5) is 10.1 Å². The molecule has 0 heterocycles. The number of nitrogens with zero attached hydrogens (tertiary/aromatic N) is 1. The Hall–Kier alpha value is -1.38. The number of hydrogen-bond acceptors (Lipinski definition) is 2. The summed E-state index contributed by atoms with van der Waals surface area (Å²) in [5.74, 6) is -0.381. The highest BCUT2D eigenvalue weighted by Gasteiger charge is 2.23. The Morgan fingerprint density at radius 3 is 2.56 bits per heavy atom. The van der Waals surface area contributed by atoms with Gasteiger partial charge in [-0.25, -0.2) is 4.39 Å². The SMILES string of the molecule is CCC(C)(C)N(C)c1ccc(F)cc1C=O. The molecule has 0 aliphatic heterocycles. The molecule has 0 N–H and O–H groups in total. The zero-order valence-electron chi connectivity index (χ0n) is 10.2. The van der Waals surface area contributed by atoms with Crippen molar-refractivity contribution >= 4 is 12.0 Å². The number of hydrogen-bond donors (Lipinski definition) is 0. The second-order valence-corrected chi connectivity index (χ2v) is 4.55. The first-order valence-electron chi connectivity index (χ1n) is 5.41. The van der Waals surface area contributed by atoms with E-state index in [-0.39, 0.29) is 11.4 Å². The standard InChI is InChI=1S/C13H18FNO/c1-5-13(2,3)15(4)12-7-6-11(14)8-10(12)9-16/h6-9H,5H2,1-4H3. The molecular formula is C13H18FNO. The van der Waals surface area contributed by atoms with Crippen molar-refractivity contribution < 1.29 is 9.18 Å². The summed E-state index contributed by atoms with van der Waals surface area (Å²) in [6.07, 6.45) is 1.64. The minimum absolute atomic E-state index is 0.0599. The van der Waals surface area contributed by atoms with Crippen molar-refractivity contribution in [3.05, 3.63) is 29.6 Å². The van der Waals surface area contributed by atoms with Gasteiger partial charge >= 0.3 is 0 Å². The predicted molar refractivity (Wildman–Crippen MR) is 64.6 cm³/mol. The van der Waals surface area contributed by atoms with Crippen LogP contribution in [0.3, 0.4) is 0 Å². The van der Waals surface area contributed by atoms with Crippen LogP contribution in [0.1, 0.15) is 37.6 Å². The van der Waals surface area contributed by atoms with Crippen molar-refractivity contribution in [1.29, 1.82) is 0 Å². The minimum atomic E-state index is -0.381. The van der Waals surface area contributed by atoms with Gasteiger partial charge in [0.2, 0.25) is 0 Å². The molecule has 1 rings (SSSR count). The molecule has 0 spiro atoms. The summed E-state index contributed by atoms with van der Waals surface area (Å²) in [7, 11) is 1.92. The first-order valence-corrected chi connectivity index (χ1v) is 5.41. The number of halogens is 1. The molecule has 0 saturated carbocycles. The first-order chi connectivity index (χ1) is 7.42. The van der Waals surface area contributed by atoms with Gasteiger partial charge in [-0.15, -0.1) is 0 Å². The van der Waals surface area contributed by atoms with Crippen LogP contribution < -0.4 is 4.90 Å². The molecule has 1 aromatic carbocycles. The zero-order valence-corrected chi connectivity index (χ0v) is 10.2. The molecule has 88 valence electrons. The van der Waals surface area contributed by atoms with Gasteiger partial charge in [0.25, 0.3) is 0 Å². The second kappa shape index (κ2) is 4.64. The summed E-state index contributed by atoms with van der Waals surface area (Å²) >= 11 is 0. The molecule has 0 atom stereocenters. The summed E-state index contributed by atoms with van der Waals surface area (Å²) in [5.41, 5.74) is 1.10. The number of rotatable bonds is 4. The van der Waals surface area contributed by atoms with Gasteiger partial charge in [-0.2, -0.15) is 0 Å². The molecule has 0 aromatic heterocycles. The van der Waals surface area contributed by atoms with Gasteiger partial charge < -0.3 is 4.90 Å². The molecule has 0 bridgehead atoms. The lowest BCUT2D eigenvalue weighted by atomic mass is 9.98. The highest BCUT2D eigenvalue weighted by Crippen LogP contribution is 2.27. The molecule has 0 unspecified atom stereocenters. The fraction of sp³-hybridized carbons (Fsp3) is 0.462. The quantitative estimate of drug-likeness (QED) is 0.730. The van der Waals surface area contributed by atoms with Gasteiger partial charge in [-0.05, 0) is 38.5 Å². The Kier molecular flexibility index (Phi) is 3.68. The van der Waals surface area contributed by atoms with E-state index in [0.29, 0.717) is 11.8 Å². The predicted octanol–water partition coefficient (Wildman–Crippen LogP) is 3.26. The van der Waals surface area contributed by atoms with E-state index in [2.05, 4.69) is 20.8 Å². The molecule has 0 radical (unpaired) electrons. The van der Waals surface area contributed by atoms with Gasteiger partial charge in [0.05, 0.1) is 0 Å². The van der Waals surface area contributed by atoms with Gasteiger partial charge in [0, 0.05) is 23.8 Å². The smallest absolute Gasteiger partial charge is 0.152 e. The third-order valence-corrected chi connectivity index (χ3v) is 3.25. The van der Waals surface area contributed by atoms with Crippen LogP contribution in [-0.2, 0) is 0 Å². The van der Waals surface area contributed by atoms with Gasteiger partial charge in [0.15, 0.2) is 6.29 Å². The normalized spacial score (nSPS) is 11.3. The van der Waals surface area contributed by atoms with Gasteiger partial charge in [0.1, 0.15) is 5.82 Å². The Labute approximate surface area is 96.1 Å². The van der Waals surface area contributed by atoms with E-state index < -0.39 is 0 Å². The molecule has 0 amide bonds. The van der Waals surface area contributed by atoms with Crippen LogP contribution in [0.15, 0.2) is 18.2 Å². The molecule has 0 fully saturated rings. The monoisotopic (exact) mass is 223 g/mol. The maximum absolute atomic E-state index is 13.0. The van der Waals surface area contributed by atoms with Crippen LogP contribution in [0.25, 0.3) is 0 Å². The largest absolute Gasteiger partial charge is 0.369 e. The lowest BCUT2D eigenvalue weighted by Gasteiger charge is -2.37. The summed E-state index contributed by atoms with van der Waals surface area (Å²) in [4.78, 5) is 12.9. The van der Waals surface area contributed by atoms with E-state index in [9.17, 15) is 9.18 Å². The Bertz CT molecular complexity index is 388. The molecule has 0 aliphatic rings. The number of aldehydes is 1. The minimum Gasteiger partial charge on any atom is -0.369 e. The molecule has 0 aliphatic carbocycles. The summed E-state index contributed by atoms with van der Waals surface area (Å²) in [6, 6.07) is 4.30. The van der Waals surface area contributed by atoms with E-state index >= 15 is 0 Å². The summed E-state index contributed by atoms with van der Waals surface area (Å²) < 4.78 is 13.0. The van der Waals surface area contributed by atoms with Crippen molar-refractivity contribution in [3.63, 3.8) is 0 Å². The van der Waals surface area contributed by atoms with Crippen LogP contribution in [0.5, 0.6) is 0 Å². The molecule has 2 nitrogen and oxygen atoms in total. The second-order valence-electron chi connectivity index (χ2n) is 4.55. The maximum atomic E-state index is 13.0. The molecule has 0 saturated heterocycles. The number of benzene rings is 1. The van der Waals surface area contributed by atoms with Crippen LogP contribution in [0, 0.1) is 5.82 Å². The number of anilines is 1. The van der Waals surface area contributed by atoms with E-state index in [1.54, 1.807) is 6.07 Å². The van der Waals surface area contributed by atoms with Crippen molar-refractivity contribution in [1.82, 2.24) is 0 Å². The third-order valence-electron chi connectivity index (χ3n) is 3.25. The van der Waals surface area contributed by atoms with Crippen molar-refractivity contribution in [2.24, 2.45) is 0 Å². The highest BCUT2D eigenvalue weighted by molar-refractivity contribution is 5.84. The maximum Gasteiger partial charge on any atom is 0.152 e. The summed E-state index contributed by atoms with van der Waals surface area (Å²) in [6.45, 7) is 6.26. The van der Waals surface area contributed by atoms with E-state index in [4.69, 9.17) is 0 Å². The van der Waals surface area contributed by atoms with E-state index in [0.717, 1.165) is 12.1 Å². The summed E-state index contributed by atoms with van der Waals surface area (Å²) in [5, 5.41) is 0. The Morgan fingerprint density at radius 2 is 2.06 bits per heavy atom. The van der Waals surface area contributed by atoms with Crippen LogP contribution in [-0.4, -0.2) is 18.9 Å². The topological polar surface area (TPSA) is 20.3 Å². The van der Waals surface area contributed by atoms with Gasteiger partial charge in [-0.3, -0.25) is 4.79 Å². The Balaban J connectivity index is 3.18. The van der Waals surface area contributed by atoms with E-state index in [1.165, 1.54) is 12.1 Å². The molecular weight excluding hydrogens is 205 g/mol. The lowest BCUT2D eigenvalue weighted by molar-refractivity contribution is 0.112. The van der Waals surface area contributed by atoms with Crippen molar-refractivity contribution in [2.75, 3.05) is 11.9 Å². The molecule has 3 heteroatoms. The number of carbonyl (C=O) groups is 1. The lowest BCUT2D eigenvalue weighted by Crippen LogP contribution is -2.41. The fourth-order valence-corrected chi connectivity index (χ4v) is 1.49. The van der Waals surface area contributed by atoms with Crippen LogP contribution >= 0.6 is 0 Å². The van der Waals surface area contributed by atoms with Gasteiger partial charge in [-0.1, -0.05) is 6.92 Å². The van der Waals surface area contributed by atoms with Crippen LogP contribution in [0.2, 0.25) is 0 Å². The Morgan fingerprint density at radius 1 is 1.44 bits per heavy atom. The average Bonchev–Trinajstić information content (AvgIpc) is 2.27. The highest BCUT2D eigenvalue weighted by atomic mass is 19.1. The third kappa shape index (κ3) is 2.40. The van der Waals surface area contributed by atoms with Crippen molar-refractivity contribution in [3.8, 4) is 0 Å². The molecule has 1 aromatic rings. The molecule has 16 heavy (non-hydrogen) atoms. The number of carbonyl (C=O) groups excluding carboxylic acids is 1. The van der Waals surface area contributed by atoms with E-state index in [1.807, 2.05) is 11.9 Å². The fourth-order valence-electron chi connectivity index (χ4n) is 1.49. The average molecular weight is 223 g/mol. The first kappa shape index (κ1) is 12.7.